The van der Waals surface area contributed by atoms with E-state index in [2.05, 4.69) is 223 Å². The second kappa shape index (κ2) is 13.4. The third-order valence-electron chi connectivity index (χ3n) is 11.8. The predicted octanol–water partition coefficient (Wildman–Crippen LogP) is 14.8. The van der Waals surface area contributed by atoms with Crippen molar-refractivity contribution in [3.63, 3.8) is 0 Å². The van der Waals surface area contributed by atoms with Crippen molar-refractivity contribution in [3.05, 3.63) is 247 Å². The Bertz CT molecular complexity index is 3010. The fraction of sp³-hybridized carbons (Fsp3) is 0.0182. The molecule has 0 aliphatic heterocycles. The Morgan fingerprint density at radius 3 is 1.53 bits per heavy atom. The summed E-state index contributed by atoms with van der Waals surface area (Å²) in [5.74, 6) is 0. The molecule has 268 valence electrons. The largest absolute Gasteiger partial charge is 0.454 e. The molecule has 1 aliphatic rings. The molecule has 0 bridgehead atoms. The second-order valence-electron chi connectivity index (χ2n) is 14.8. The fourth-order valence-corrected chi connectivity index (χ4v) is 9.22. The first-order valence-electron chi connectivity index (χ1n) is 19.6. The van der Waals surface area contributed by atoms with Crippen LogP contribution in [0.1, 0.15) is 22.3 Å². The summed E-state index contributed by atoms with van der Waals surface area (Å²) in [5, 5.41) is 2.21. The first kappa shape index (κ1) is 33.0. The summed E-state index contributed by atoms with van der Waals surface area (Å²) in [6.07, 6.45) is 0. The van der Waals surface area contributed by atoms with Crippen molar-refractivity contribution in [2.24, 2.45) is 0 Å². The molecule has 0 amide bonds. The summed E-state index contributed by atoms with van der Waals surface area (Å²) in [7, 11) is 0. The molecule has 0 saturated heterocycles. The van der Waals surface area contributed by atoms with Gasteiger partial charge in [-0.3, -0.25) is 0 Å². The maximum Gasteiger partial charge on any atom is 0.159 e. The fourth-order valence-electron chi connectivity index (χ4n) is 9.22. The van der Waals surface area contributed by atoms with E-state index >= 15 is 0 Å². The molecular weight excluding hydrogens is 691 g/mol. The number of para-hydroxylation sites is 2. The first-order valence-corrected chi connectivity index (χ1v) is 19.6. The van der Waals surface area contributed by atoms with Crippen molar-refractivity contribution < 1.29 is 4.42 Å². The van der Waals surface area contributed by atoms with Gasteiger partial charge in [0, 0.05) is 22.1 Å². The van der Waals surface area contributed by atoms with E-state index in [-0.39, 0.29) is 0 Å². The second-order valence-corrected chi connectivity index (χ2v) is 14.8. The SMILES string of the molecule is c1ccc(-c2cccc(-c3ccc(N(c4ccc(C5(c6ccccc6)c6ccccc6-c6ccccc65)cc4)c4cccc5c4oc4ccccc45)cc3)c2)cc1. The molecule has 9 aromatic carbocycles. The van der Waals surface area contributed by atoms with E-state index < -0.39 is 5.41 Å². The van der Waals surface area contributed by atoms with Crippen LogP contribution in [0.4, 0.5) is 17.1 Å². The highest BCUT2D eigenvalue weighted by Crippen LogP contribution is 2.56. The van der Waals surface area contributed by atoms with Gasteiger partial charge in [-0.25, -0.2) is 0 Å². The minimum Gasteiger partial charge on any atom is -0.454 e. The Kier molecular flexibility index (Phi) is 7.75. The van der Waals surface area contributed by atoms with E-state index in [0.29, 0.717) is 0 Å². The van der Waals surface area contributed by atoms with Crippen molar-refractivity contribution in [1.82, 2.24) is 0 Å². The van der Waals surface area contributed by atoms with Gasteiger partial charge < -0.3 is 9.32 Å². The summed E-state index contributed by atoms with van der Waals surface area (Å²) in [5.41, 5.74) is 16.8. The van der Waals surface area contributed by atoms with E-state index in [1.807, 2.05) is 6.07 Å². The van der Waals surface area contributed by atoms with Crippen molar-refractivity contribution in [3.8, 4) is 33.4 Å². The number of fused-ring (bicyclic) bond motifs is 6. The van der Waals surface area contributed by atoms with Crippen LogP contribution >= 0.6 is 0 Å². The van der Waals surface area contributed by atoms with Crippen LogP contribution in [0, 0.1) is 0 Å². The average Bonchev–Trinajstić information content (AvgIpc) is 3.82. The number of benzene rings is 9. The monoisotopic (exact) mass is 727 g/mol. The van der Waals surface area contributed by atoms with E-state index in [1.54, 1.807) is 0 Å². The molecule has 0 saturated carbocycles. The maximum absolute atomic E-state index is 6.67. The third-order valence-corrected chi connectivity index (χ3v) is 11.8. The van der Waals surface area contributed by atoms with Crippen LogP contribution in [0.15, 0.2) is 229 Å². The van der Waals surface area contributed by atoms with Crippen molar-refractivity contribution >= 4 is 39.0 Å². The van der Waals surface area contributed by atoms with Crippen LogP contribution in [0.5, 0.6) is 0 Å². The van der Waals surface area contributed by atoms with Gasteiger partial charge >= 0.3 is 0 Å². The molecular formula is C55H37NO. The van der Waals surface area contributed by atoms with Gasteiger partial charge in [0.2, 0.25) is 0 Å². The number of nitrogens with zero attached hydrogens (tertiary/aromatic N) is 1. The normalized spacial score (nSPS) is 12.7. The smallest absolute Gasteiger partial charge is 0.159 e. The lowest BCUT2D eigenvalue weighted by atomic mass is 9.68. The van der Waals surface area contributed by atoms with E-state index in [4.69, 9.17) is 4.42 Å². The van der Waals surface area contributed by atoms with Gasteiger partial charge in [-0.05, 0) is 98.1 Å². The van der Waals surface area contributed by atoms with Gasteiger partial charge in [0.05, 0.1) is 11.1 Å². The van der Waals surface area contributed by atoms with Gasteiger partial charge in [-0.15, -0.1) is 0 Å². The molecule has 2 heteroatoms. The third kappa shape index (κ3) is 5.26. The van der Waals surface area contributed by atoms with Crippen LogP contribution in [-0.2, 0) is 5.41 Å². The number of rotatable bonds is 7. The topological polar surface area (TPSA) is 16.4 Å². The summed E-state index contributed by atoms with van der Waals surface area (Å²) in [4.78, 5) is 2.34. The molecule has 11 rings (SSSR count). The van der Waals surface area contributed by atoms with Gasteiger partial charge in [-0.2, -0.15) is 0 Å². The van der Waals surface area contributed by atoms with Gasteiger partial charge in [0.15, 0.2) is 5.58 Å². The zero-order valence-corrected chi connectivity index (χ0v) is 31.2. The minimum absolute atomic E-state index is 0.466. The quantitative estimate of drug-likeness (QED) is 0.163. The number of hydrogen-bond acceptors (Lipinski definition) is 2. The lowest BCUT2D eigenvalue weighted by Crippen LogP contribution is -2.28. The number of furan rings is 1. The Morgan fingerprint density at radius 2 is 0.842 bits per heavy atom. The zero-order chi connectivity index (χ0) is 37.8. The number of anilines is 3. The molecule has 0 N–H and O–H groups in total. The minimum atomic E-state index is -0.466. The molecule has 0 radical (unpaired) electrons. The van der Waals surface area contributed by atoms with E-state index in [0.717, 1.165) is 44.6 Å². The molecule has 0 atom stereocenters. The van der Waals surface area contributed by atoms with Crippen molar-refractivity contribution in [2.75, 3.05) is 4.90 Å². The molecule has 10 aromatic rings. The summed E-state index contributed by atoms with van der Waals surface area (Å²) < 4.78 is 6.67. The highest BCUT2D eigenvalue weighted by atomic mass is 16.3. The summed E-state index contributed by atoms with van der Waals surface area (Å²) >= 11 is 0. The molecule has 0 fully saturated rings. The van der Waals surface area contributed by atoms with Crippen LogP contribution < -0.4 is 4.90 Å². The Balaban J connectivity index is 1.07. The molecule has 1 aliphatic carbocycles. The highest BCUT2D eigenvalue weighted by molar-refractivity contribution is 6.10. The van der Waals surface area contributed by atoms with Gasteiger partial charge in [0.25, 0.3) is 0 Å². The molecule has 0 spiro atoms. The van der Waals surface area contributed by atoms with E-state index in [9.17, 15) is 0 Å². The average molecular weight is 728 g/mol. The molecule has 57 heavy (non-hydrogen) atoms. The predicted molar refractivity (Wildman–Crippen MR) is 237 cm³/mol. The lowest BCUT2D eigenvalue weighted by molar-refractivity contribution is 0.669. The van der Waals surface area contributed by atoms with Crippen LogP contribution in [0.25, 0.3) is 55.3 Å². The Labute approximate surface area is 332 Å². The maximum atomic E-state index is 6.67. The summed E-state index contributed by atoms with van der Waals surface area (Å²) in [6, 6.07) is 81.1. The Hall–Kier alpha value is -7.42. The van der Waals surface area contributed by atoms with Crippen molar-refractivity contribution in [1.29, 1.82) is 0 Å². The highest BCUT2D eigenvalue weighted by Gasteiger charge is 2.45. The van der Waals surface area contributed by atoms with Crippen LogP contribution in [-0.4, -0.2) is 0 Å². The molecule has 2 nitrogen and oxygen atoms in total. The lowest BCUT2D eigenvalue weighted by Gasteiger charge is -2.34. The Morgan fingerprint density at radius 1 is 0.351 bits per heavy atom. The molecule has 1 aromatic heterocycles. The molecule has 0 unspecified atom stereocenters. The van der Waals surface area contributed by atoms with Crippen LogP contribution in [0.2, 0.25) is 0 Å². The molecule has 1 heterocycles. The zero-order valence-electron chi connectivity index (χ0n) is 31.2. The van der Waals surface area contributed by atoms with E-state index in [1.165, 1.54) is 50.1 Å². The standard InChI is InChI=1S/C55H37NO/c1-3-15-38(16-4-1)40-17-13-18-41(37-40)39-29-33-44(34-30-39)56(52-27-14-24-49-48-23-9-12-28-53(48)57-54(49)52)45-35-31-43(32-36-45)55(42-19-5-2-6-20-42)50-25-10-7-21-46(50)47-22-8-11-26-51(47)55/h1-37H. The number of hydrogen-bond donors (Lipinski definition) is 0. The van der Waals surface area contributed by atoms with Gasteiger partial charge in [0.1, 0.15) is 5.58 Å². The van der Waals surface area contributed by atoms with Gasteiger partial charge in [-0.1, -0.05) is 182 Å². The summed E-state index contributed by atoms with van der Waals surface area (Å²) in [6.45, 7) is 0. The first-order chi connectivity index (χ1) is 28.3. The van der Waals surface area contributed by atoms with Crippen molar-refractivity contribution in [2.45, 2.75) is 5.41 Å². The van der Waals surface area contributed by atoms with Crippen LogP contribution in [0.3, 0.4) is 0 Å².